The molecule has 6 nitrogen and oxygen atoms in total. The Morgan fingerprint density at radius 2 is 0.364 bits per heavy atom. The van der Waals surface area contributed by atoms with E-state index in [1.165, 1.54) is 0 Å². The molecule has 0 heterocycles. The SMILES string of the molecule is O.O.O.O.O.O.[Cl-].[Cl-].[Cl-].[Na+].[Sr+2]. The van der Waals surface area contributed by atoms with Crippen LogP contribution in [0.15, 0.2) is 0 Å². The number of hydrogen-bond acceptors (Lipinski definition) is 0. The maximum atomic E-state index is 0. The molecule has 0 rings (SSSR count). The van der Waals surface area contributed by atoms with E-state index in [1.807, 2.05) is 0 Å². The summed E-state index contributed by atoms with van der Waals surface area (Å²) < 4.78 is 0. The normalized spacial score (nSPS) is 0. The van der Waals surface area contributed by atoms with Gasteiger partial charge in [0.25, 0.3) is 0 Å². The first-order chi connectivity index (χ1) is 0. The smallest absolute Gasteiger partial charge is 1.00 e. The molecule has 0 radical (unpaired) electrons. The largest absolute Gasteiger partial charge is 2.00 e. The first-order valence-electron chi connectivity index (χ1n) is 0. The zero-order valence-electron chi connectivity index (χ0n) is 5.84. The molecule has 12 N–H and O–H groups in total. The van der Waals surface area contributed by atoms with Crippen LogP contribution in [-0.2, 0) is 0 Å². The van der Waals surface area contributed by atoms with Crippen LogP contribution in [0.1, 0.15) is 0 Å². The number of rotatable bonds is 0. The standard InChI is InChI=1S/3ClH.Na.6H2O.Sr/h3*1H;;6*1H2;/q;;;+1;;;;;;;+2/p-3. The van der Waals surface area contributed by atoms with Gasteiger partial charge in [-0.1, -0.05) is 0 Å². The van der Waals surface area contributed by atoms with Crippen molar-refractivity contribution >= 4 is 45.5 Å². The maximum Gasteiger partial charge on any atom is 2.00 e. The van der Waals surface area contributed by atoms with Gasteiger partial charge in [0.1, 0.15) is 0 Å². The molecule has 0 aliphatic heterocycles. The Labute approximate surface area is 143 Å². The fraction of sp³-hybridized carbons (Fsp3) is 0. The van der Waals surface area contributed by atoms with Crippen molar-refractivity contribution < 1.29 is 99.6 Å². The van der Waals surface area contributed by atoms with Gasteiger partial charge in [0.05, 0.1) is 0 Å². The molecule has 11 heavy (non-hydrogen) atoms. The molecule has 0 saturated heterocycles. The Morgan fingerprint density at radius 3 is 0.364 bits per heavy atom. The quantitative estimate of drug-likeness (QED) is 0.383. The molecule has 0 bridgehead atoms. The van der Waals surface area contributed by atoms with Crippen molar-refractivity contribution in [3.8, 4) is 0 Å². The molecule has 0 aromatic heterocycles. The van der Waals surface area contributed by atoms with Crippen LogP contribution in [0.4, 0.5) is 0 Å². The van der Waals surface area contributed by atoms with Crippen molar-refractivity contribution in [3.63, 3.8) is 0 Å². The third kappa shape index (κ3) is 167. The van der Waals surface area contributed by atoms with Crippen LogP contribution < -0.4 is 66.8 Å². The Balaban J connectivity index is 0. The minimum Gasteiger partial charge on any atom is -1.00 e. The van der Waals surface area contributed by atoms with E-state index in [1.54, 1.807) is 0 Å². The third-order valence-electron chi connectivity index (χ3n) is 0. The van der Waals surface area contributed by atoms with Crippen LogP contribution in [0.3, 0.4) is 0 Å². The van der Waals surface area contributed by atoms with E-state index in [4.69, 9.17) is 0 Å². The third-order valence-corrected chi connectivity index (χ3v) is 0. The summed E-state index contributed by atoms with van der Waals surface area (Å²) in [4.78, 5) is 0. The second-order valence-electron chi connectivity index (χ2n) is 0. The fourth-order valence-electron chi connectivity index (χ4n) is 0. The maximum absolute atomic E-state index is 0. The predicted molar refractivity (Wildman–Crippen MR) is 27.4 cm³/mol. The van der Waals surface area contributed by atoms with Crippen molar-refractivity contribution in [2.24, 2.45) is 0 Å². The van der Waals surface area contributed by atoms with E-state index >= 15 is 0 Å². The Hall–Kier alpha value is 3.11. The molecule has 0 fully saturated rings. The molecule has 0 atom stereocenters. The van der Waals surface area contributed by atoms with Crippen molar-refractivity contribution in [2.75, 3.05) is 0 Å². The van der Waals surface area contributed by atoms with Gasteiger partial charge in [-0.15, -0.1) is 0 Å². The van der Waals surface area contributed by atoms with Gasteiger partial charge in [-0.25, -0.2) is 0 Å². The van der Waals surface area contributed by atoms with Crippen LogP contribution in [0.25, 0.3) is 0 Å². The number of hydrogen-bond donors (Lipinski definition) is 0. The molecule has 0 aromatic carbocycles. The van der Waals surface area contributed by atoms with Crippen LogP contribution in [-0.4, -0.2) is 78.3 Å². The zero-order chi connectivity index (χ0) is 0. The summed E-state index contributed by atoms with van der Waals surface area (Å²) in [7, 11) is 0. The monoisotopic (exact) mass is 324 g/mol. The van der Waals surface area contributed by atoms with Gasteiger partial charge in [-0.2, -0.15) is 0 Å². The van der Waals surface area contributed by atoms with Gasteiger partial charge in [0.2, 0.25) is 0 Å². The average molecular weight is 325 g/mol. The Morgan fingerprint density at radius 1 is 0.364 bits per heavy atom. The average Bonchev–Trinajstić information content (AvgIpc) is 0. The van der Waals surface area contributed by atoms with E-state index in [0.717, 1.165) is 0 Å². The van der Waals surface area contributed by atoms with E-state index < -0.39 is 0 Å². The molecule has 0 saturated carbocycles. The summed E-state index contributed by atoms with van der Waals surface area (Å²) in [5.41, 5.74) is 0. The summed E-state index contributed by atoms with van der Waals surface area (Å²) in [6.07, 6.45) is 0. The zero-order valence-corrected chi connectivity index (χ0v) is 13.6. The summed E-state index contributed by atoms with van der Waals surface area (Å²) in [6, 6.07) is 0. The molecule has 0 unspecified atom stereocenters. The summed E-state index contributed by atoms with van der Waals surface area (Å²) >= 11 is 0. The van der Waals surface area contributed by atoms with Gasteiger partial charge >= 0.3 is 75.0 Å². The summed E-state index contributed by atoms with van der Waals surface area (Å²) in [5.74, 6) is 0. The predicted octanol–water partition coefficient (Wildman–Crippen LogP) is -17.3. The molecule has 0 aromatic rings. The summed E-state index contributed by atoms with van der Waals surface area (Å²) in [5, 5.41) is 0. The minimum absolute atomic E-state index is 0. The minimum atomic E-state index is 0. The van der Waals surface area contributed by atoms with Crippen LogP contribution in [0.2, 0.25) is 0 Å². The molecule has 0 aliphatic rings. The fourth-order valence-corrected chi connectivity index (χ4v) is 0. The molecule has 11 heteroatoms. The van der Waals surface area contributed by atoms with Crippen LogP contribution in [0.5, 0.6) is 0 Å². The van der Waals surface area contributed by atoms with Crippen molar-refractivity contribution in [3.05, 3.63) is 0 Å². The van der Waals surface area contributed by atoms with Gasteiger partial charge in [0.15, 0.2) is 0 Å². The van der Waals surface area contributed by atoms with Crippen molar-refractivity contribution in [1.29, 1.82) is 0 Å². The van der Waals surface area contributed by atoms with Gasteiger partial charge < -0.3 is 70.1 Å². The van der Waals surface area contributed by atoms with Gasteiger partial charge in [0, 0.05) is 0 Å². The molecule has 0 amide bonds. The van der Waals surface area contributed by atoms with Crippen molar-refractivity contribution in [1.82, 2.24) is 0 Å². The first-order valence-corrected chi connectivity index (χ1v) is 0. The molecular formula is H12Cl3NaO6Sr. The molecule has 72 valence electrons. The summed E-state index contributed by atoms with van der Waals surface area (Å²) in [6.45, 7) is 0. The van der Waals surface area contributed by atoms with Crippen molar-refractivity contribution in [2.45, 2.75) is 0 Å². The van der Waals surface area contributed by atoms with Gasteiger partial charge in [-0.05, 0) is 0 Å². The second kappa shape index (κ2) is 199. The topological polar surface area (TPSA) is 189 Å². The van der Waals surface area contributed by atoms with Crippen LogP contribution >= 0.6 is 0 Å². The Kier molecular flexibility index (Phi) is 4530. The van der Waals surface area contributed by atoms with Gasteiger partial charge in [-0.3, -0.25) is 0 Å². The van der Waals surface area contributed by atoms with E-state index in [9.17, 15) is 0 Å². The number of halogens is 3. The molecule has 0 spiro atoms. The first kappa shape index (κ1) is 251. The molecule has 0 aliphatic carbocycles. The van der Waals surface area contributed by atoms with E-state index in [-0.39, 0.29) is 145 Å². The van der Waals surface area contributed by atoms with E-state index in [2.05, 4.69) is 0 Å². The van der Waals surface area contributed by atoms with Crippen LogP contribution in [0, 0.1) is 0 Å². The molecular weight excluding hydrogens is 313 g/mol. The second-order valence-corrected chi connectivity index (χ2v) is 0. The Bertz CT molecular complexity index is 17.8. The van der Waals surface area contributed by atoms with E-state index in [0.29, 0.717) is 0 Å².